The smallest absolute Gasteiger partial charge is 0.114 e. The molecule has 1 fully saturated rings. The molecule has 0 saturated carbocycles. The molecule has 0 radical (unpaired) electrons. The normalized spacial score (nSPS) is 25.6. The second kappa shape index (κ2) is 17.4. The summed E-state index contributed by atoms with van der Waals surface area (Å²) in [5.74, 6) is 0. The SMILES string of the molecule is CCCCCCCCCCC/C=C/CCCCO[C@@H]1[C@@H](O)[C@H](CO)OC[C@H]1O. The van der Waals surface area contributed by atoms with Gasteiger partial charge in [0.25, 0.3) is 0 Å². The average Bonchev–Trinajstić information content (AvgIpc) is 2.70. The Kier molecular flexibility index (Phi) is 15.9. The van der Waals surface area contributed by atoms with Gasteiger partial charge in [-0.3, -0.25) is 0 Å². The third kappa shape index (κ3) is 11.5. The van der Waals surface area contributed by atoms with E-state index in [1.165, 1.54) is 64.2 Å². The van der Waals surface area contributed by atoms with E-state index in [0.717, 1.165) is 19.3 Å². The lowest BCUT2D eigenvalue weighted by Gasteiger charge is -2.37. The van der Waals surface area contributed by atoms with Gasteiger partial charge in [0.2, 0.25) is 0 Å². The highest BCUT2D eigenvalue weighted by Crippen LogP contribution is 2.19. The predicted molar refractivity (Wildman–Crippen MR) is 113 cm³/mol. The zero-order valence-electron chi connectivity index (χ0n) is 17.9. The molecule has 0 amide bonds. The number of allylic oxidation sites excluding steroid dienone is 2. The topological polar surface area (TPSA) is 79.2 Å². The van der Waals surface area contributed by atoms with E-state index >= 15 is 0 Å². The van der Waals surface area contributed by atoms with Crippen molar-refractivity contribution in [3.63, 3.8) is 0 Å². The summed E-state index contributed by atoms with van der Waals surface area (Å²) in [5, 5.41) is 29.1. The Labute approximate surface area is 172 Å². The van der Waals surface area contributed by atoms with Crippen molar-refractivity contribution in [1.82, 2.24) is 0 Å². The first-order chi connectivity index (χ1) is 13.7. The minimum absolute atomic E-state index is 0.0918. The number of ether oxygens (including phenoxy) is 2. The minimum atomic E-state index is -0.981. The van der Waals surface area contributed by atoms with Crippen molar-refractivity contribution in [3.8, 4) is 0 Å². The Balaban J connectivity index is 1.90. The second-order valence-corrected chi connectivity index (χ2v) is 8.03. The third-order valence-electron chi connectivity index (χ3n) is 5.47. The van der Waals surface area contributed by atoms with E-state index < -0.39 is 24.4 Å². The van der Waals surface area contributed by atoms with Gasteiger partial charge in [-0.1, -0.05) is 70.4 Å². The van der Waals surface area contributed by atoms with Gasteiger partial charge in [0.15, 0.2) is 0 Å². The molecular formula is C23H44O5. The summed E-state index contributed by atoms with van der Waals surface area (Å²) in [6.45, 7) is 2.59. The van der Waals surface area contributed by atoms with Crippen LogP contribution in [0.15, 0.2) is 12.2 Å². The number of aliphatic hydroxyl groups is 3. The zero-order valence-corrected chi connectivity index (χ0v) is 17.9. The largest absolute Gasteiger partial charge is 0.394 e. The van der Waals surface area contributed by atoms with E-state index in [2.05, 4.69) is 19.1 Å². The van der Waals surface area contributed by atoms with Gasteiger partial charge in [-0.15, -0.1) is 0 Å². The molecule has 1 aliphatic heterocycles. The average molecular weight is 401 g/mol. The van der Waals surface area contributed by atoms with Crippen LogP contribution in [0.1, 0.15) is 90.4 Å². The van der Waals surface area contributed by atoms with Crippen molar-refractivity contribution in [1.29, 1.82) is 0 Å². The fraction of sp³-hybridized carbons (Fsp3) is 0.913. The molecule has 5 nitrogen and oxygen atoms in total. The van der Waals surface area contributed by atoms with Gasteiger partial charge in [0.05, 0.1) is 13.2 Å². The summed E-state index contributed by atoms with van der Waals surface area (Å²) >= 11 is 0. The molecule has 5 heteroatoms. The highest BCUT2D eigenvalue weighted by atomic mass is 16.6. The molecule has 1 rings (SSSR count). The van der Waals surface area contributed by atoms with Crippen molar-refractivity contribution < 1.29 is 24.8 Å². The van der Waals surface area contributed by atoms with Crippen LogP contribution in [0.25, 0.3) is 0 Å². The lowest BCUT2D eigenvalue weighted by molar-refractivity contribution is -0.210. The predicted octanol–water partition coefficient (Wildman–Crippen LogP) is 4.13. The Hall–Kier alpha value is -0.460. The molecule has 1 aliphatic rings. The summed E-state index contributed by atoms with van der Waals surface area (Å²) in [6, 6.07) is 0. The van der Waals surface area contributed by atoms with E-state index in [9.17, 15) is 10.2 Å². The molecule has 3 N–H and O–H groups in total. The van der Waals surface area contributed by atoms with Crippen LogP contribution in [-0.4, -0.2) is 59.6 Å². The molecule has 1 heterocycles. The molecule has 0 aromatic heterocycles. The highest BCUT2D eigenvalue weighted by molar-refractivity contribution is 4.87. The Morgan fingerprint density at radius 3 is 2.04 bits per heavy atom. The Morgan fingerprint density at radius 1 is 0.857 bits per heavy atom. The summed E-state index contributed by atoms with van der Waals surface area (Å²) in [5.41, 5.74) is 0. The van der Waals surface area contributed by atoms with E-state index in [4.69, 9.17) is 14.6 Å². The summed E-state index contributed by atoms with van der Waals surface area (Å²) in [7, 11) is 0. The van der Waals surface area contributed by atoms with Crippen LogP contribution in [0.5, 0.6) is 0 Å². The molecule has 1 saturated heterocycles. The van der Waals surface area contributed by atoms with Crippen molar-refractivity contribution in [2.75, 3.05) is 19.8 Å². The zero-order chi connectivity index (χ0) is 20.5. The van der Waals surface area contributed by atoms with Crippen molar-refractivity contribution in [2.45, 2.75) is 115 Å². The van der Waals surface area contributed by atoms with Crippen LogP contribution in [0.3, 0.4) is 0 Å². The van der Waals surface area contributed by atoms with Gasteiger partial charge < -0.3 is 24.8 Å². The first kappa shape index (κ1) is 25.6. The minimum Gasteiger partial charge on any atom is -0.394 e. The van der Waals surface area contributed by atoms with Crippen molar-refractivity contribution >= 4 is 0 Å². The van der Waals surface area contributed by atoms with Crippen LogP contribution in [0, 0.1) is 0 Å². The second-order valence-electron chi connectivity index (χ2n) is 8.03. The van der Waals surface area contributed by atoms with Gasteiger partial charge >= 0.3 is 0 Å². The van der Waals surface area contributed by atoms with Crippen LogP contribution < -0.4 is 0 Å². The highest BCUT2D eigenvalue weighted by Gasteiger charge is 2.38. The van der Waals surface area contributed by atoms with E-state index in [0.29, 0.717) is 6.61 Å². The van der Waals surface area contributed by atoms with Crippen LogP contribution in [0.4, 0.5) is 0 Å². The van der Waals surface area contributed by atoms with E-state index in [-0.39, 0.29) is 13.2 Å². The lowest BCUT2D eigenvalue weighted by Crippen LogP contribution is -2.55. The molecule has 28 heavy (non-hydrogen) atoms. The molecule has 0 unspecified atom stereocenters. The molecule has 0 bridgehead atoms. The van der Waals surface area contributed by atoms with Gasteiger partial charge in [-0.2, -0.15) is 0 Å². The maximum absolute atomic E-state index is 10.0. The fourth-order valence-electron chi connectivity index (χ4n) is 3.62. The van der Waals surface area contributed by atoms with E-state index in [1.807, 2.05) is 0 Å². The number of hydrogen-bond acceptors (Lipinski definition) is 5. The maximum atomic E-state index is 10.0. The first-order valence-corrected chi connectivity index (χ1v) is 11.6. The van der Waals surface area contributed by atoms with Gasteiger partial charge in [-0.25, -0.2) is 0 Å². The van der Waals surface area contributed by atoms with Gasteiger partial charge in [0.1, 0.15) is 24.4 Å². The number of aliphatic hydroxyl groups excluding tert-OH is 3. The molecule has 166 valence electrons. The van der Waals surface area contributed by atoms with Crippen LogP contribution >= 0.6 is 0 Å². The number of hydrogen-bond donors (Lipinski definition) is 3. The lowest BCUT2D eigenvalue weighted by atomic mass is 10.0. The fourth-order valence-corrected chi connectivity index (χ4v) is 3.62. The monoisotopic (exact) mass is 400 g/mol. The first-order valence-electron chi connectivity index (χ1n) is 11.6. The van der Waals surface area contributed by atoms with Gasteiger partial charge in [-0.05, 0) is 32.1 Å². The summed E-state index contributed by atoms with van der Waals surface area (Å²) in [4.78, 5) is 0. The van der Waals surface area contributed by atoms with Crippen LogP contribution in [-0.2, 0) is 9.47 Å². The van der Waals surface area contributed by atoms with Gasteiger partial charge in [0, 0.05) is 6.61 Å². The Bertz CT molecular complexity index is 374. The maximum Gasteiger partial charge on any atom is 0.114 e. The molecule has 0 aliphatic carbocycles. The summed E-state index contributed by atoms with van der Waals surface area (Å²) < 4.78 is 10.8. The van der Waals surface area contributed by atoms with Crippen LogP contribution in [0.2, 0.25) is 0 Å². The van der Waals surface area contributed by atoms with Crippen molar-refractivity contribution in [2.24, 2.45) is 0 Å². The summed E-state index contributed by atoms with van der Waals surface area (Å²) in [6.07, 6.45) is 17.9. The standard InChI is InChI=1S/C23H44O5/c1-2-3-4-5-6-7-8-9-10-11-12-13-14-15-16-17-27-23-20(25)19-28-21(18-24)22(23)26/h12-13,20-26H,2-11,14-19H2,1H3/b13-12+/t20-,21+,22+,23+/m1/s1. The molecule has 0 aromatic carbocycles. The van der Waals surface area contributed by atoms with E-state index in [1.54, 1.807) is 0 Å². The number of rotatable bonds is 17. The molecule has 0 spiro atoms. The number of unbranched alkanes of at least 4 members (excludes halogenated alkanes) is 11. The molecular weight excluding hydrogens is 356 g/mol. The quantitative estimate of drug-likeness (QED) is 0.253. The van der Waals surface area contributed by atoms with Crippen molar-refractivity contribution in [3.05, 3.63) is 12.2 Å². The Morgan fingerprint density at radius 2 is 1.43 bits per heavy atom. The third-order valence-corrected chi connectivity index (χ3v) is 5.47. The molecule has 0 aromatic rings. The molecule has 4 atom stereocenters.